The average Bonchev–Trinajstić information content (AvgIpc) is 2.47. The molecule has 2 aliphatic rings. The second-order valence-corrected chi connectivity index (χ2v) is 4.50. The van der Waals surface area contributed by atoms with Gasteiger partial charge in [-0.15, -0.1) is 0 Å². The number of aliphatic hydroxyl groups is 1. The highest BCUT2D eigenvalue weighted by Gasteiger charge is 2.46. The first-order valence-corrected chi connectivity index (χ1v) is 5.27. The molecule has 13 heavy (non-hydrogen) atoms. The summed E-state index contributed by atoms with van der Waals surface area (Å²) in [7, 11) is 0. The Bertz CT molecular complexity index is 226. The predicted octanol–water partition coefficient (Wildman–Crippen LogP) is 1.55. The van der Waals surface area contributed by atoms with E-state index in [0.717, 1.165) is 25.0 Å². The molecule has 2 unspecified atom stereocenters. The second kappa shape index (κ2) is 3.10. The number of hydrogen-bond donors (Lipinski definition) is 1. The van der Waals surface area contributed by atoms with Crippen LogP contribution in [0.3, 0.4) is 0 Å². The summed E-state index contributed by atoms with van der Waals surface area (Å²) >= 11 is 0. The molecule has 2 fully saturated rings. The van der Waals surface area contributed by atoms with Crippen molar-refractivity contribution < 1.29 is 5.11 Å². The highest BCUT2D eigenvalue weighted by molar-refractivity contribution is 5.19. The molecule has 0 radical (unpaired) electrons. The SMILES string of the molecule is C=C(C)C1(O)CCN2CCCCC21. The molecule has 0 aromatic rings. The van der Waals surface area contributed by atoms with E-state index in [4.69, 9.17) is 0 Å². The van der Waals surface area contributed by atoms with Gasteiger partial charge in [-0.3, -0.25) is 4.90 Å². The van der Waals surface area contributed by atoms with E-state index >= 15 is 0 Å². The van der Waals surface area contributed by atoms with Gasteiger partial charge in [-0.05, 0) is 38.3 Å². The third kappa shape index (κ3) is 1.32. The summed E-state index contributed by atoms with van der Waals surface area (Å²) in [4.78, 5) is 2.43. The van der Waals surface area contributed by atoms with Gasteiger partial charge >= 0.3 is 0 Å². The summed E-state index contributed by atoms with van der Waals surface area (Å²) in [6.07, 6.45) is 4.58. The van der Waals surface area contributed by atoms with Crippen LogP contribution in [0.4, 0.5) is 0 Å². The van der Waals surface area contributed by atoms with Gasteiger partial charge in [0.1, 0.15) is 5.60 Å². The maximum atomic E-state index is 10.4. The van der Waals surface area contributed by atoms with Gasteiger partial charge in [0.15, 0.2) is 0 Å². The molecule has 2 nitrogen and oxygen atoms in total. The van der Waals surface area contributed by atoms with Crippen LogP contribution in [0, 0.1) is 0 Å². The van der Waals surface area contributed by atoms with Crippen LogP contribution in [0.2, 0.25) is 0 Å². The van der Waals surface area contributed by atoms with E-state index in [1.165, 1.54) is 19.4 Å². The van der Waals surface area contributed by atoms with Crippen LogP contribution in [-0.2, 0) is 0 Å². The van der Waals surface area contributed by atoms with E-state index in [0.29, 0.717) is 6.04 Å². The highest BCUT2D eigenvalue weighted by atomic mass is 16.3. The first-order chi connectivity index (χ1) is 6.14. The molecule has 74 valence electrons. The van der Waals surface area contributed by atoms with Crippen LogP contribution < -0.4 is 0 Å². The summed E-state index contributed by atoms with van der Waals surface area (Å²) in [5.74, 6) is 0. The molecule has 2 rings (SSSR count). The standard InChI is InChI=1S/C11H19NO/c1-9(2)11(13)6-8-12-7-4-3-5-10(11)12/h10,13H,1,3-8H2,2H3. The fourth-order valence-corrected chi connectivity index (χ4v) is 2.78. The van der Waals surface area contributed by atoms with Gasteiger partial charge in [0, 0.05) is 12.6 Å². The average molecular weight is 181 g/mol. The van der Waals surface area contributed by atoms with Crippen LogP contribution in [0.25, 0.3) is 0 Å². The molecule has 2 heteroatoms. The number of rotatable bonds is 1. The van der Waals surface area contributed by atoms with Gasteiger partial charge in [0.2, 0.25) is 0 Å². The Morgan fingerprint density at radius 2 is 2.23 bits per heavy atom. The molecular formula is C11H19NO. The molecule has 0 saturated carbocycles. The van der Waals surface area contributed by atoms with E-state index in [-0.39, 0.29) is 0 Å². The third-order valence-corrected chi connectivity index (χ3v) is 3.68. The lowest BCUT2D eigenvalue weighted by Gasteiger charge is -2.37. The monoisotopic (exact) mass is 181 g/mol. The molecule has 0 aromatic carbocycles. The summed E-state index contributed by atoms with van der Waals surface area (Å²) in [6.45, 7) is 8.10. The third-order valence-electron chi connectivity index (χ3n) is 3.68. The Morgan fingerprint density at radius 3 is 2.92 bits per heavy atom. The topological polar surface area (TPSA) is 23.5 Å². The molecule has 0 spiro atoms. The molecule has 0 amide bonds. The molecule has 2 atom stereocenters. The summed E-state index contributed by atoms with van der Waals surface area (Å²) < 4.78 is 0. The van der Waals surface area contributed by atoms with Crippen LogP contribution in [0.1, 0.15) is 32.6 Å². The Labute approximate surface area is 80.2 Å². The Kier molecular flexibility index (Phi) is 2.20. The van der Waals surface area contributed by atoms with Gasteiger partial charge in [-0.25, -0.2) is 0 Å². The first kappa shape index (κ1) is 9.22. The highest BCUT2D eigenvalue weighted by Crippen LogP contribution is 2.38. The summed E-state index contributed by atoms with van der Waals surface area (Å²) in [5.41, 5.74) is 0.363. The van der Waals surface area contributed by atoms with Crippen LogP contribution in [0.5, 0.6) is 0 Å². The van der Waals surface area contributed by atoms with Gasteiger partial charge in [-0.1, -0.05) is 13.0 Å². The minimum atomic E-state index is -0.583. The van der Waals surface area contributed by atoms with Crippen molar-refractivity contribution in [3.8, 4) is 0 Å². The van der Waals surface area contributed by atoms with Crippen LogP contribution in [-0.4, -0.2) is 34.7 Å². The fraction of sp³-hybridized carbons (Fsp3) is 0.818. The predicted molar refractivity (Wildman–Crippen MR) is 53.6 cm³/mol. The van der Waals surface area contributed by atoms with Gasteiger partial charge in [0.05, 0.1) is 0 Å². The zero-order valence-corrected chi connectivity index (χ0v) is 8.42. The maximum absolute atomic E-state index is 10.4. The van der Waals surface area contributed by atoms with Crippen molar-refractivity contribution in [1.82, 2.24) is 4.90 Å². The Morgan fingerprint density at radius 1 is 1.46 bits per heavy atom. The van der Waals surface area contributed by atoms with Crippen molar-refractivity contribution in [2.24, 2.45) is 0 Å². The molecule has 1 N–H and O–H groups in total. The zero-order valence-electron chi connectivity index (χ0n) is 8.42. The Balaban J connectivity index is 2.19. The van der Waals surface area contributed by atoms with Crippen molar-refractivity contribution >= 4 is 0 Å². The Hall–Kier alpha value is -0.340. The summed E-state index contributed by atoms with van der Waals surface area (Å²) in [6, 6.07) is 0.360. The lowest BCUT2D eigenvalue weighted by atomic mass is 9.84. The minimum absolute atomic E-state index is 0.360. The normalized spacial score (nSPS) is 40.3. The second-order valence-electron chi connectivity index (χ2n) is 4.50. The van der Waals surface area contributed by atoms with Gasteiger partial charge < -0.3 is 5.11 Å². The summed E-state index contributed by atoms with van der Waals surface area (Å²) in [5, 5.41) is 10.4. The van der Waals surface area contributed by atoms with Crippen molar-refractivity contribution in [2.75, 3.05) is 13.1 Å². The number of hydrogen-bond acceptors (Lipinski definition) is 2. The van der Waals surface area contributed by atoms with Crippen molar-refractivity contribution in [2.45, 2.75) is 44.2 Å². The van der Waals surface area contributed by atoms with Gasteiger partial charge in [-0.2, -0.15) is 0 Å². The zero-order chi connectivity index (χ0) is 9.47. The smallest absolute Gasteiger partial charge is 0.102 e. The van der Waals surface area contributed by atoms with Crippen molar-refractivity contribution in [3.63, 3.8) is 0 Å². The molecule has 0 aromatic heterocycles. The number of fused-ring (bicyclic) bond motifs is 1. The fourth-order valence-electron chi connectivity index (χ4n) is 2.78. The lowest BCUT2D eigenvalue weighted by molar-refractivity contribution is 0.0216. The van der Waals surface area contributed by atoms with Crippen LogP contribution >= 0.6 is 0 Å². The number of piperidine rings is 1. The van der Waals surface area contributed by atoms with E-state index < -0.39 is 5.60 Å². The lowest BCUT2D eigenvalue weighted by Crippen LogP contribution is -2.47. The molecule has 2 aliphatic heterocycles. The number of nitrogens with zero attached hydrogens (tertiary/aromatic N) is 1. The van der Waals surface area contributed by atoms with E-state index in [1.54, 1.807) is 0 Å². The van der Waals surface area contributed by atoms with E-state index in [1.807, 2.05) is 6.92 Å². The van der Waals surface area contributed by atoms with Gasteiger partial charge in [0.25, 0.3) is 0 Å². The minimum Gasteiger partial charge on any atom is -0.384 e. The maximum Gasteiger partial charge on any atom is 0.102 e. The van der Waals surface area contributed by atoms with Crippen molar-refractivity contribution in [1.29, 1.82) is 0 Å². The van der Waals surface area contributed by atoms with E-state index in [2.05, 4.69) is 11.5 Å². The first-order valence-electron chi connectivity index (χ1n) is 5.27. The molecular weight excluding hydrogens is 162 g/mol. The molecule has 0 bridgehead atoms. The molecule has 0 aliphatic carbocycles. The quantitative estimate of drug-likeness (QED) is 0.620. The molecule has 2 heterocycles. The van der Waals surface area contributed by atoms with E-state index in [9.17, 15) is 5.11 Å². The van der Waals surface area contributed by atoms with Crippen LogP contribution in [0.15, 0.2) is 12.2 Å². The molecule has 2 saturated heterocycles. The van der Waals surface area contributed by atoms with Crippen molar-refractivity contribution in [3.05, 3.63) is 12.2 Å². The largest absolute Gasteiger partial charge is 0.384 e.